The fourth-order valence-electron chi connectivity index (χ4n) is 3.50. The molecule has 0 aliphatic carbocycles. The van der Waals surface area contributed by atoms with E-state index < -0.39 is 0 Å². The minimum absolute atomic E-state index is 0.939. The minimum atomic E-state index is 0.939. The Hall–Kier alpha value is -2.31. The number of rotatable bonds is 4. The number of para-hydroxylation sites is 2. The van der Waals surface area contributed by atoms with Crippen molar-refractivity contribution in [2.75, 3.05) is 38.2 Å². The van der Waals surface area contributed by atoms with E-state index in [0.29, 0.717) is 0 Å². The van der Waals surface area contributed by atoms with Gasteiger partial charge in [0.25, 0.3) is 0 Å². The first-order valence-electron chi connectivity index (χ1n) is 9.61. The third-order valence-corrected chi connectivity index (χ3v) is 6.40. The molecule has 1 saturated heterocycles. The molecule has 1 aliphatic heterocycles. The van der Waals surface area contributed by atoms with Gasteiger partial charge in [-0.3, -0.25) is 0 Å². The predicted molar refractivity (Wildman–Crippen MR) is 116 cm³/mol. The van der Waals surface area contributed by atoms with Crippen LogP contribution in [0.15, 0.2) is 41.3 Å². The second-order valence-electron chi connectivity index (χ2n) is 7.22. The minimum Gasteiger partial charge on any atom is -0.496 e. The van der Waals surface area contributed by atoms with E-state index >= 15 is 0 Å². The van der Waals surface area contributed by atoms with Crippen LogP contribution in [-0.4, -0.2) is 47.6 Å². The van der Waals surface area contributed by atoms with E-state index in [4.69, 9.17) is 14.7 Å². The van der Waals surface area contributed by atoms with E-state index in [1.165, 1.54) is 16.0 Å². The largest absolute Gasteiger partial charge is 0.496 e. The highest BCUT2D eigenvalue weighted by Crippen LogP contribution is 2.35. The number of anilines is 1. The zero-order valence-corrected chi connectivity index (χ0v) is 17.7. The van der Waals surface area contributed by atoms with Crippen molar-refractivity contribution in [3.8, 4) is 5.75 Å². The molecule has 0 radical (unpaired) electrons. The molecule has 0 amide bonds. The Bertz CT molecular complexity index is 999. The summed E-state index contributed by atoms with van der Waals surface area (Å²) in [5.41, 5.74) is 5.47. The Morgan fingerprint density at radius 3 is 2.21 bits per heavy atom. The lowest BCUT2D eigenvalue weighted by Gasteiger charge is -2.35. The van der Waals surface area contributed by atoms with Crippen molar-refractivity contribution in [3.05, 3.63) is 53.2 Å². The Kier molecular flexibility index (Phi) is 5.42. The lowest BCUT2D eigenvalue weighted by Crippen LogP contribution is -2.44. The Morgan fingerprint density at radius 1 is 0.893 bits per heavy atom. The van der Waals surface area contributed by atoms with Gasteiger partial charge in [0.1, 0.15) is 5.75 Å². The van der Waals surface area contributed by atoms with Crippen molar-refractivity contribution in [1.29, 1.82) is 0 Å². The maximum atomic E-state index is 5.59. The monoisotopic (exact) mass is 394 g/mol. The Balaban J connectivity index is 1.47. The van der Waals surface area contributed by atoms with Crippen molar-refractivity contribution < 1.29 is 4.74 Å². The molecule has 28 heavy (non-hydrogen) atoms. The van der Waals surface area contributed by atoms with Crippen LogP contribution in [0.2, 0.25) is 0 Å². The van der Waals surface area contributed by atoms with E-state index in [0.717, 1.165) is 54.5 Å². The van der Waals surface area contributed by atoms with Gasteiger partial charge in [-0.25, -0.2) is 14.3 Å². The molecular formula is C22H26N4OS. The van der Waals surface area contributed by atoms with Gasteiger partial charge in [-0.1, -0.05) is 12.1 Å². The van der Waals surface area contributed by atoms with Gasteiger partial charge in [0, 0.05) is 26.2 Å². The number of nitrogens with zero attached hydrogens (tertiary/aromatic N) is 4. The number of hydrogen-bond acceptors (Lipinski definition) is 6. The Labute approximate surface area is 170 Å². The highest BCUT2D eigenvalue weighted by Gasteiger charge is 2.22. The van der Waals surface area contributed by atoms with E-state index in [2.05, 4.69) is 42.1 Å². The second-order valence-corrected chi connectivity index (χ2v) is 8.35. The number of ether oxygens (including phenoxy) is 1. The van der Waals surface area contributed by atoms with Gasteiger partial charge in [-0.15, -0.1) is 0 Å². The van der Waals surface area contributed by atoms with Crippen LogP contribution in [0.25, 0.3) is 11.0 Å². The highest BCUT2D eigenvalue weighted by atomic mass is 32.2. The number of aromatic nitrogens is 2. The van der Waals surface area contributed by atoms with Crippen LogP contribution in [0, 0.1) is 20.8 Å². The average Bonchev–Trinajstić information content (AvgIpc) is 2.70. The number of aryl methyl sites for hydroxylation is 3. The van der Waals surface area contributed by atoms with Crippen LogP contribution in [0.1, 0.15) is 16.8 Å². The van der Waals surface area contributed by atoms with Crippen LogP contribution in [0.5, 0.6) is 5.75 Å². The molecule has 0 N–H and O–H groups in total. The third kappa shape index (κ3) is 3.80. The molecule has 1 aromatic heterocycles. The number of piperazine rings is 1. The van der Waals surface area contributed by atoms with Gasteiger partial charge in [-0.05, 0) is 68.1 Å². The summed E-state index contributed by atoms with van der Waals surface area (Å²) in [5.74, 6) is 1.96. The average molecular weight is 395 g/mol. The second kappa shape index (κ2) is 7.97. The molecule has 0 atom stereocenters. The molecule has 1 fully saturated rings. The summed E-state index contributed by atoms with van der Waals surface area (Å²) < 4.78 is 8.00. The smallest absolute Gasteiger partial charge is 0.150 e. The summed E-state index contributed by atoms with van der Waals surface area (Å²) >= 11 is 1.79. The maximum Gasteiger partial charge on any atom is 0.150 e. The summed E-state index contributed by atoms with van der Waals surface area (Å²) in [6, 6.07) is 12.4. The molecule has 6 heteroatoms. The number of fused-ring (bicyclic) bond motifs is 1. The molecule has 0 bridgehead atoms. The van der Waals surface area contributed by atoms with Crippen molar-refractivity contribution in [1.82, 2.24) is 14.3 Å². The molecule has 0 saturated carbocycles. The molecule has 3 aromatic rings. The summed E-state index contributed by atoms with van der Waals surface area (Å²) in [6.45, 7) is 10.1. The highest BCUT2D eigenvalue weighted by molar-refractivity contribution is 7.97. The molecule has 5 nitrogen and oxygen atoms in total. The first-order chi connectivity index (χ1) is 13.5. The Morgan fingerprint density at radius 2 is 1.54 bits per heavy atom. The maximum absolute atomic E-state index is 5.59. The normalized spacial score (nSPS) is 15.2. The first-order valence-corrected chi connectivity index (χ1v) is 10.4. The van der Waals surface area contributed by atoms with E-state index in [-0.39, 0.29) is 0 Å². The molecule has 0 spiro atoms. The summed E-state index contributed by atoms with van der Waals surface area (Å²) in [7, 11) is 1.74. The topological polar surface area (TPSA) is 41.5 Å². The number of methoxy groups -OCH3 is 1. The molecule has 2 aromatic carbocycles. The molecule has 1 aliphatic rings. The lowest BCUT2D eigenvalue weighted by molar-refractivity contribution is 0.399. The SMILES string of the molecule is COc1cc(C)c(C)cc1SN1CCN(c2nc3ccccc3nc2C)CC1. The van der Waals surface area contributed by atoms with Gasteiger partial charge >= 0.3 is 0 Å². The molecule has 0 unspecified atom stereocenters. The molecule has 4 rings (SSSR count). The summed E-state index contributed by atoms with van der Waals surface area (Å²) in [4.78, 5) is 13.1. The molecule has 2 heterocycles. The van der Waals surface area contributed by atoms with Crippen LogP contribution < -0.4 is 9.64 Å². The van der Waals surface area contributed by atoms with Gasteiger partial charge in [0.2, 0.25) is 0 Å². The van der Waals surface area contributed by atoms with Crippen LogP contribution in [0.4, 0.5) is 5.82 Å². The van der Waals surface area contributed by atoms with E-state index in [1.807, 2.05) is 24.3 Å². The lowest BCUT2D eigenvalue weighted by atomic mass is 10.1. The van der Waals surface area contributed by atoms with Crippen molar-refractivity contribution in [2.24, 2.45) is 0 Å². The quantitative estimate of drug-likeness (QED) is 0.611. The predicted octanol–water partition coefficient (Wildman–Crippen LogP) is 4.39. The third-order valence-electron chi connectivity index (χ3n) is 5.27. The first kappa shape index (κ1) is 19.0. The molecule has 146 valence electrons. The standard InChI is InChI=1S/C22H26N4OS/c1-15-13-20(27-4)21(14-16(15)2)28-26-11-9-25(10-12-26)22-17(3)23-18-7-5-6-8-19(18)24-22/h5-8,13-14H,9-12H2,1-4H3. The number of hydrogen-bond donors (Lipinski definition) is 0. The summed E-state index contributed by atoms with van der Waals surface area (Å²) in [5, 5.41) is 0. The van der Waals surface area contributed by atoms with E-state index in [1.54, 1.807) is 19.1 Å². The van der Waals surface area contributed by atoms with Crippen LogP contribution in [0.3, 0.4) is 0 Å². The fraction of sp³-hybridized carbons (Fsp3) is 0.364. The molecular weight excluding hydrogens is 368 g/mol. The van der Waals surface area contributed by atoms with Crippen molar-refractivity contribution in [2.45, 2.75) is 25.7 Å². The van der Waals surface area contributed by atoms with Crippen molar-refractivity contribution >= 4 is 28.8 Å². The van der Waals surface area contributed by atoms with Gasteiger partial charge < -0.3 is 9.64 Å². The van der Waals surface area contributed by atoms with Crippen molar-refractivity contribution in [3.63, 3.8) is 0 Å². The van der Waals surface area contributed by atoms with Gasteiger partial charge in [0.05, 0.1) is 28.7 Å². The van der Waals surface area contributed by atoms with E-state index in [9.17, 15) is 0 Å². The van der Waals surface area contributed by atoms with Crippen LogP contribution >= 0.6 is 11.9 Å². The zero-order chi connectivity index (χ0) is 19.7. The summed E-state index contributed by atoms with van der Waals surface area (Å²) in [6.07, 6.45) is 0. The number of benzene rings is 2. The van der Waals surface area contributed by atoms with Gasteiger partial charge in [0.15, 0.2) is 5.82 Å². The zero-order valence-electron chi connectivity index (χ0n) is 16.9. The van der Waals surface area contributed by atoms with Crippen LogP contribution in [-0.2, 0) is 0 Å². The van der Waals surface area contributed by atoms with Gasteiger partial charge in [-0.2, -0.15) is 0 Å². The fourth-order valence-corrected chi connectivity index (χ4v) is 4.59.